The first-order chi connectivity index (χ1) is 7.45. The number of alkyl halides is 1. The Balaban J connectivity index is 3.28. The Labute approximate surface area is 112 Å². The van der Waals surface area contributed by atoms with Gasteiger partial charge in [0.05, 0.1) is 0 Å². The molecule has 3 nitrogen and oxygen atoms in total. The van der Waals surface area contributed by atoms with E-state index in [0.29, 0.717) is 6.61 Å². The van der Waals surface area contributed by atoms with Crippen LogP contribution < -0.4 is 0 Å². The highest BCUT2D eigenvalue weighted by molar-refractivity contribution is 14.1. The molecule has 96 valence electrons. The summed E-state index contributed by atoms with van der Waals surface area (Å²) in [6, 6.07) is 0. The van der Waals surface area contributed by atoms with E-state index < -0.39 is 5.60 Å². The second-order valence-electron chi connectivity index (χ2n) is 4.74. The van der Waals surface area contributed by atoms with Gasteiger partial charge in [0.1, 0.15) is 12.2 Å². The standard InChI is InChI=1S/C12H23IO3/c1-12(2,3)16-11(14)10-15-9-7-5-4-6-8-13/h4-10H2,1-3H3. The Morgan fingerprint density at radius 1 is 1.12 bits per heavy atom. The predicted molar refractivity (Wildman–Crippen MR) is 74.0 cm³/mol. The number of unbranched alkanes of at least 4 members (excludes halogenated alkanes) is 3. The maximum absolute atomic E-state index is 11.2. The van der Waals surface area contributed by atoms with E-state index in [1.165, 1.54) is 23.7 Å². The average Bonchev–Trinajstić information content (AvgIpc) is 2.13. The lowest BCUT2D eigenvalue weighted by atomic mass is 10.2. The van der Waals surface area contributed by atoms with Gasteiger partial charge in [0, 0.05) is 6.61 Å². The van der Waals surface area contributed by atoms with Gasteiger partial charge >= 0.3 is 5.97 Å². The van der Waals surface area contributed by atoms with Gasteiger partial charge in [-0.1, -0.05) is 35.4 Å². The number of halogens is 1. The molecule has 0 atom stereocenters. The van der Waals surface area contributed by atoms with E-state index in [1.807, 2.05) is 20.8 Å². The summed E-state index contributed by atoms with van der Waals surface area (Å²) in [5.74, 6) is -0.278. The predicted octanol–water partition coefficient (Wildman–Crippen LogP) is 3.34. The van der Waals surface area contributed by atoms with E-state index in [0.717, 1.165) is 6.42 Å². The summed E-state index contributed by atoms with van der Waals surface area (Å²) in [5, 5.41) is 0. The molecule has 0 fully saturated rings. The van der Waals surface area contributed by atoms with Gasteiger partial charge in [0.2, 0.25) is 0 Å². The van der Waals surface area contributed by atoms with E-state index in [9.17, 15) is 4.79 Å². The maximum Gasteiger partial charge on any atom is 0.332 e. The first kappa shape index (κ1) is 16.2. The molecule has 0 bridgehead atoms. The van der Waals surface area contributed by atoms with Crippen molar-refractivity contribution in [2.24, 2.45) is 0 Å². The molecule has 0 radical (unpaired) electrons. The molecule has 0 saturated carbocycles. The van der Waals surface area contributed by atoms with Crippen molar-refractivity contribution in [2.75, 3.05) is 17.6 Å². The highest BCUT2D eigenvalue weighted by atomic mass is 127. The van der Waals surface area contributed by atoms with E-state index in [2.05, 4.69) is 22.6 Å². The number of carbonyl (C=O) groups excluding carboxylic acids is 1. The molecule has 0 aromatic rings. The van der Waals surface area contributed by atoms with Crippen LogP contribution in [-0.2, 0) is 14.3 Å². The quantitative estimate of drug-likeness (QED) is 0.294. The Morgan fingerprint density at radius 3 is 2.31 bits per heavy atom. The van der Waals surface area contributed by atoms with Crippen molar-refractivity contribution < 1.29 is 14.3 Å². The van der Waals surface area contributed by atoms with Crippen LogP contribution in [0.4, 0.5) is 0 Å². The van der Waals surface area contributed by atoms with Gasteiger partial charge in [0.15, 0.2) is 0 Å². The molecule has 4 heteroatoms. The fraction of sp³-hybridized carbons (Fsp3) is 0.917. The minimum Gasteiger partial charge on any atom is -0.458 e. The molecule has 0 N–H and O–H groups in total. The molecule has 0 amide bonds. The minimum absolute atomic E-state index is 0.0730. The zero-order valence-corrected chi connectivity index (χ0v) is 12.7. The largest absolute Gasteiger partial charge is 0.458 e. The van der Waals surface area contributed by atoms with Crippen molar-refractivity contribution in [3.8, 4) is 0 Å². The van der Waals surface area contributed by atoms with Gasteiger partial charge in [-0.25, -0.2) is 4.79 Å². The maximum atomic E-state index is 11.2. The summed E-state index contributed by atoms with van der Waals surface area (Å²) in [6.07, 6.45) is 4.72. The molecule has 0 spiro atoms. The third kappa shape index (κ3) is 12.2. The average molecular weight is 342 g/mol. The molecule has 0 aliphatic carbocycles. The van der Waals surface area contributed by atoms with Crippen molar-refractivity contribution in [3.05, 3.63) is 0 Å². The van der Waals surface area contributed by atoms with E-state index in [4.69, 9.17) is 9.47 Å². The molecular weight excluding hydrogens is 319 g/mol. The molecule has 0 aromatic carbocycles. The summed E-state index contributed by atoms with van der Waals surface area (Å²) >= 11 is 2.38. The Hall–Kier alpha value is 0.160. The minimum atomic E-state index is -0.416. The molecular formula is C12H23IO3. The number of carbonyl (C=O) groups is 1. The first-order valence-electron chi connectivity index (χ1n) is 5.81. The third-order valence-electron chi connectivity index (χ3n) is 1.81. The Bertz CT molecular complexity index is 187. The van der Waals surface area contributed by atoms with Crippen molar-refractivity contribution in [3.63, 3.8) is 0 Å². The van der Waals surface area contributed by atoms with Crippen LogP contribution in [0.15, 0.2) is 0 Å². The van der Waals surface area contributed by atoms with Gasteiger partial charge in [-0.05, 0) is 38.0 Å². The van der Waals surface area contributed by atoms with Crippen molar-refractivity contribution in [1.82, 2.24) is 0 Å². The van der Waals surface area contributed by atoms with Gasteiger partial charge in [-0.15, -0.1) is 0 Å². The molecule has 0 unspecified atom stereocenters. The SMILES string of the molecule is CC(C)(C)OC(=O)COCCCCCCI. The first-order valence-corrected chi connectivity index (χ1v) is 7.34. The van der Waals surface area contributed by atoms with E-state index in [-0.39, 0.29) is 12.6 Å². The highest BCUT2D eigenvalue weighted by Crippen LogP contribution is 2.07. The second kappa shape index (κ2) is 9.22. The van der Waals surface area contributed by atoms with Crippen molar-refractivity contribution in [1.29, 1.82) is 0 Å². The smallest absolute Gasteiger partial charge is 0.332 e. The third-order valence-corrected chi connectivity index (χ3v) is 2.58. The normalized spacial score (nSPS) is 11.5. The zero-order chi connectivity index (χ0) is 12.4. The highest BCUT2D eigenvalue weighted by Gasteiger charge is 2.15. The van der Waals surface area contributed by atoms with Crippen LogP contribution in [0.25, 0.3) is 0 Å². The number of rotatable bonds is 8. The van der Waals surface area contributed by atoms with Crippen LogP contribution in [0.1, 0.15) is 46.5 Å². The second-order valence-corrected chi connectivity index (χ2v) is 5.82. The van der Waals surface area contributed by atoms with Crippen LogP contribution in [0.2, 0.25) is 0 Å². The summed E-state index contributed by atoms with van der Waals surface area (Å²) in [6.45, 7) is 6.29. The van der Waals surface area contributed by atoms with Gasteiger partial charge < -0.3 is 9.47 Å². The summed E-state index contributed by atoms with van der Waals surface area (Å²) in [4.78, 5) is 11.2. The number of hydrogen-bond donors (Lipinski definition) is 0. The van der Waals surface area contributed by atoms with Crippen molar-refractivity contribution >= 4 is 28.6 Å². The monoisotopic (exact) mass is 342 g/mol. The fourth-order valence-electron chi connectivity index (χ4n) is 1.18. The summed E-state index contributed by atoms with van der Waals surface area (Å²) < 4.78 is 11.6. The lowest BCUT2D eigenvalue weighted by Crippen LogP contribution is -2.26. The molecule has 0 aliphatic rings. The number of esters is 1. The lowest BCUT2D eigenvalue weighted by Gasteiger charge is -2.19. The Morgan fingerprint density at radius 2 is 1.75 bits per heavy atom. The number of ether oxygens (including phenoxy) is 2. The van der Waals surface area contributed by atoms with Crippen LogP contribution in [-0.4, -0.2) is 29.2 Å². The fourth-order valence-corrected chi connectivity index (χ4v) is 1.72. The molecule has 0 heterocycles. The molecule has 0 aromatic heterocycles. The van der Waals surface area contributed by atoms with E-state index in [1.54, 1.807) is 0 Å². The van der Waals surface area contributed by atoms with Crippen LogP contribution >= 0.6 is 22.6 Å². The van der Waals surface area contributed by atoms with E-state index >= 15 is 0 Å². The molecule has 0 saturated heterocycles. The summed E-state index contributed by atoms with van der Waals surface area (Å²) in [7, 11) is 0. The van der Waals surface area contributed by atoms with Crippen molar-refractivity contribution in [2.45, 2.75) is 52.1 Å². The van der Waals surface area contributed by atoms with Crippen LogP contribution in [0.3, 0.4) is 0 Å². The zero-order valence-electron chi connectivity index (χ0n) is 10.6. The van der Waals surface area contributed by atoms with Gasteiger partial charge in [-0.2, -0.15) is 0 Å². The molecule has 0 rings (SSSR count). The van der Waals surface area contributed by atoms with Crippen LogP contribution in [0, 0.1) is 0 Å². The molecule has 0 aliphatic heterocycles. The molecule has 16 heavy (non-hydrogen) atoms. The lowest BCUT2D eigenvalue weighted by molar-refractivity contribution is -0.160. The Kier molecular flexibility index (Phi) is 9.31. The van der Waals surface area contributed by atoms with Gasteiger partial charge in [0.25, 0.3) is 0 Å². The number of hydrogen-bond acceptors (Lipinski definition) is 3. The topological polar surface area (TPSA) is 35.5 Å². The van der Waals surface area contributed by atoms with Gasteiger partial charge in [-0.3, -0.25) is 0 Å². The van der Waals surface area contributed by atoms with Crippen LogP contribution in [0.5, 0.6) is 0 Å². The summed E-state index contributed by atoms with van der Waals surface area (Å²) in [5.41, 5.74) is -0.416.